The lowest BCUT2D eigenvalue weighted by molar-refractivity contribution is -0.137. The standard InChI is InChI=1S/C31H33F3N6O3.CH2O2/c1-2-40-26-17-22(16-25(29(26)37-38-40)39-13-7-12-28(39)42)30(43)36-24(15-20-8-4-3-5-9-20)27(41)19-35-18-21-10-6-11-23(14-21)31(32,33)34;2-1-3/h3-6,8-11,14,16-17,24,27,35,41H,2,7,12-13,15,18-19H2,1H3,(H,36,43);1H,(H,2,3)/t24-,27+;/m0./s1. The summed E-state index contributed by atoms with van der Waals surface area (Å²) in [7, 11) is 0. The van der Waals surface area contributed by atoms with Crippen LogP contribution >= 0.6 is 0 Å². The van der Waals surface area contributed by atoms with E-state index in [1.54, 1.807) is 27.8 Å². The molecule has 4 N–H and O–H groups in total. The lowest BCUT2D eigenvalue weighted by Crippen LogP contribution is -2.48. The van der Waals surface area contributed by atoms with Gasteiger partial charge in [0, 0.05) is 38.2 Å². The van der Waals surface area contributed by atoms with Gasteiger partial charge in [0.05, 0.1) is 28.9 Å². The third kappa shape index (κ3) is 8.46. The summed E-state index contributed by atoms with van der Waals surface area (Å²) in [6, 6.07) is 16.9. The molecule has 0 aliphatic carbocycles. The predicted octanol–water partition coefficient (Wildman–Crippen LogP) is 3.79. The van der Waals surface area contributed by atoms with Crippen LogP contribution in [0.4, 0.5) is 18.9 Å². The highest BCUT2D eigenvalue weighted by Crippen LogP contribution is 2.31. The van der Waals surface area contributed by atoms with Crippen molar-refractivity contribution in [3.63, 3.8) is 0 Å². The summed E-state index contributed by atoms with van der Waals surface area (Å²) in [4.78, 5) is 36.3. The van der Waals surface area contributed by atoms with Crippen LogP contribution in [0.2, 0.25) is 0 Å². The fraction of sp³-hybridized carbons (Fsp3) is 0.344. The second-order valence-electron chi connectivity index (χ2n) is 10.7. The molecule has 0 spiro atoms. The van der Waals surface area contributed by atoms with Crippen molar-refractivity contribution >= 4 is 35.0 Å². The van der Waals surface area contributed by atoms with Crippen LogP contribution in [-0.4, -0.2) is 68.7 Å². The molecule has 1 aromatic heterocycles. The van der Waals surface area contributed by atoms with Gasteiger partial charge in [0.15, 0.2) is 0 Å². The van der Waals surface area contributed by atoms with Crippen LogP contribution in [0.5, 0.6) is 0 Å². The van der Waals surface area contributed by atoms with Gasteiger partial charge in [0.1, 0.15) is 5.52 Å². The van der Waals surface area contributed by atoms with Gasteiger partial charge in [0.25, 0.3) is 12.4 Å². The fourth-order valence-electron chi connectivity index (χ4n) is 5.29. The van der Waals surface area contributed by atoms with E-state index < -0.39 is 29.8 Å². The molecule has 4 aromatic rings. The van der Waals surface area contributed by atoms with Crippen molar-refractivity contribution in [1.29, 1.82) is 0 Å². The van der Waals surface area contributed by atoms with Gasteiger partial charge in [-0.1, -0.05) is 53.7 Å². The molecule has 2 atom stereocenters. The number of hydrogen-bond donors (Lipinski definition) is 4. The van der Waals surface area contributed by atoms with Crippen LogP contribution < -0.4 is 15.5 Å². The average molecular weight is 641 g/mol. The molecule has 0 unspecified atom stereocenters. The predicted molar refractivity (Wildman–Crippen MR) is 164 cm³/mol. The molecule has 1 aliphatic rings. The van der Waals surface area contributed by atoms with E-state index in [0.717, 1.165) is 17.7 Å². The summed E-state index contributed by atoms with van der Waals surface area (Å²) < 4.78 is 41.0. The minimum absolute atomic E-state index is 0.0209. The van der Waals surface area contributed by atoms with E-state index in [0.29, 0.717) is 60.2 Å². The first-order valence-electron chi connectivity index (χ1n) is 14.7. The molecule has 0 radical (unpaired) electrons. The molecular formula is C32H35F3N6O5. The topological polar surface area (TPSA) is 150 Å². The van der Waals surface area contributed by atoms with Gasteiger partial charge in [-0.15, -0.1) is 5.10 Å². The van der Waals surface area contributed by atoms with Crippen LogP contribution in [0.25, 0.3) is 11.0 Å². The smallest absolute Gasteiger partial charge is 0.416 e. The minimum Gasteiger partial charge on any atom is -0.483 e. The van der Waals surface area contributed by atoms with Crippen molar-refractivity contribution in [3.8, 4) is 0 Å². The summed E-state index contributed by atoms with van der Waals surface area (Å²) in [5.74, 6) is -0.495. The van der Waals surface area contributed by atoms with Gasteiger partial charge in [-0.05, 0) is 49.1 Å². The summed E-state index contributed by atoms with van der Waals surface area (Å²) in [6.45, 7) is 2.81. The molecular weight excluding hydrogens is 605 g/mol. The summed E-state index contributed by atoms with van der Waals surface area (Å²) in [6.07, 6.45) is -4.08. The number of carbonyl (C=O) groups is 3. The van der Waals surface area contributed by atoms with E-state index in [4.69, 9.17) is 9.90 Å². The highest BCUT2D eigenvalue weighted by Gasteiger charge is 2.31. The average Bonchev–Trinajstić information content (AvgIpc) is 3.66. The van der Waals surface area contributed by atoms with E-state index in [1.807, 2.05) is 37.3 Å². The first kappa shape index (κ1) is 34.1. The number of carboxylic acid groups (broad SMARTS) is 1. The van der Waals surface area contributed by atoms with Crippen molar-refractivity contribution in [1.82, 2.24) is 25.6 Å². The molecule has 3 aromatic carbocycles. The molecule has 1 fully saturated rings. The Morgan fingerprint density at radius 2 is 1.80 bits per heavy atom. The van der Waals surface area contributed by atoms with E-state index in [2.05, 4.69) is 20.9 Å². The van der Waals surface area contributed by atoms with Crippen molar-refractivity contribution in [2.75, 3.05) is 18.0 Å². The van der Waals surface area contributed by atoms with Crippen molar-refractivity contribution in [2.24, 2.45) is 0 Å². The van der Waals surface area contributed by atoms with Gasteiger partial charge in [-0.25, -0.2) is 4.68 Å². The number of nitrogens with one attached hydrogen (secondary N) is 2. The largest absolute Gasteiger partial charge is 0.483 e. The van der Waals surface area contributed by atoms with Crippen LogP contribution in [0.1, 0.15) is 46.8 Å². The number of fused-ring (bicyclic) bond motifs is 1. The molecule has 1 saturated heterocycles. The number of hydrogen-bond acceptors (Lipinski definition) is 7. The lowest BCUT2D eigenvalue weighted by Gasteiger charge is -2.25. The lowest BCUT2D eigenvalue weighted by atomic mass is 10.00. The maximum absolute atomic E-state index is 13.7. The van der Waals surface area contributed by atoms with Gasteiger partial charge in [-0.3, -0.25) is 14.4 Å². The van der Waals surface area contributed by atoms with E-state index >= 15 is 0 Å². The van der Waals surface area contributed by atoms with E-state index in [9.17, 15) is 27.9 Å². The van der Waals surface area contributed by atoms with Crippen LogP contribution in [0.15, 0.2) is 66.7 Å². The van der Waals surface area contributed by atoms with Gasteiger partial charge in [-0.2, -0.15) is 13.2 Å². The zero-order chi connectivity index (χ0) is 33.3. The van der Waals surface area contributed by atoms with Crippen LogP contribution in [-0.2, 0) is 35.3 Å². The number of carbonyl (C=O) groups excluding carboxylic acids is 2. The Labute approximate surface area is 263 Å². The van der Waals surface area contributed by atoms with E-state index in [1.165, 1.54) is 6.07 Å². The van der Waals surface area contributed by atoms with Crippen molar-refractivity contribution in [3.05, 3.63) is 89.0 Å². The molecule has 5 rings (SSSR count). The number of aliphatic hydroxyl groups is 1. The third-order valence-electron chi connectivity index (χ3n) is 7.54. The second-order valence-corrected chi connectivity index (χ2v) is 10.7. The Hall–Kier alpha value is -4.82. The molecule has 1 aliphatic heterocycles. The summed E-state index contributed by atoms with van der Waals surface area (Å²) in [5.41, 5.74) is 2.53. The molecule has 2 amide bonds. The Balaban J connectivity index is 0.00000154. The van der Waals surface area contributed by atoms with Crippen molar-refractivity contribution in [2.45, 2.75) is 57.6 Å². The quantitative estimate of drug-likeness (QED) is 0.181. The van der Waals surface area contributed by atoms with Crippen LogP contribution in [0.3, 0.4) is 0 Å². The highest BCUT2D eigenvalue weighted by atomic mass is 19.4. The highest BCUT2D eigenvalue weighted by molar-refractivity contribution is 6.06. The number of nitrogens with zero attached hydrogens (tertiary/aromatic N) is 4. The number of aromatic nitrogens is 3. The fourth-order valence-corrected chi connectivity index (χ4v) is 5.29. The molecule has 244 valence electrons. The summed E-state index contributed by atoms with van der Waals surface area (Å²) >= 11 is 0. The maximum atomic E-state index is 13.7. The second kappa shape index (κ2) is 15.5. The first-order valence-corrected chi connectivity index (χ1v) is 14.7. The molecule has 11 nitrogen and oxygen atoms in total. The Morgan fingerprint density at radius 3 is 2.46 bits per heavy atom. The van der Waals surface area contributed by atoms with Gasteiger partial charge >= 0.3 is 6.18 Å². The number of amides is 2. The molecule has 0 saturated carbocycles. The number of halogens is 3. The van der Waals surface area contributed by atoms with Crippen LogP contribution in [0, 0.1) is 0 Å². The summed E-state index contributed by atoms with van der Waals surface area (Å²) in [5, 5.41) is 32.5. The zero-order valence-electron chi connectivity index (χ0n) is 25.1. The monoisotopic (exact) mass is 640 g/mol. The van der Waals surface area contributed by atoms with Crippen molar-refractivity contribution < 1.29 is 37.8 Å². The Morgan fingerprint density at radius 1 is 1.09 bits per heavy atom. The minimum atomic E-state index is -4.45. The number of aryl methyl sites for hydroxylation is 1. The van der Waals surface area contributed by atoms with Gasteiger partial charge < -0.3 is 25.7 Å². The SMILES string of the molecule is CCn1nnc2c(N3CCCC3=O)cc(C(=O)N[C@@H](Cc3ccccc3)[C@H](O)CNCc3cccc(C(F)(F)F)c3)cc21.O=CO. The molecule has 2 heterocycles. The number of aliphatic hydroxyl groups excluding tert-OH is 1. The molecule has 14 heteroatoms. The normalized spacial score (nSPS) is 14.5. The third-order valence-corrected chi connectivity index (χ3v) is 7.54. The number of anilines is 1. The van der Waals surface area contributed by atoms with E-state index in [-0.39, 0.29) is 25.5 Å². The molecule has 0 bridgehead atoms. The Kier molecular flexibility index (Phi) is 11.4. The van der Waals surface area contributed by atoms with Gasteiger partial charge in [0.2, 0.25) is 5.91 Å². The number of rotatable bonds is 11. The number of alkyl halides is 3. The number of benzene rings is 3. The maximum Gasteiger partial charge on any atom is 0.416 e. The zero-order valence-corrected chi connectivity index (χ0v) is 25.1. The first-order chi connectivity index (χ1) is 22.0. The molecule has 46 heavy (non-hydrogen) atoms. The Bertz CT molecular complexity index is 1650.